The lowest BCUT2D eigenvalue weighted by Gasteiger charge is -2.16. The third-order valence-electron chi connectivity index (χ3n) is 3.42. The molecule has 2 heterocycles. The number of aryl methyl sites for hydroxylation is 1. The molecule has 21 heavy (non-hydrogen) atoms. The molecule has 1 aromatic carbocycles. The Morgan fingerprint density at radius 3 is 2.81 bits per heavy atom. The summed E-state index contributed by atoms with van der Waals surface area (Å²) in [6, 6.07) is 2.45. The summed E-state index contributed by atoms with van der Waals surface area (Å²) in [5, 5.41) is 0.0984. The third kappa shape index (κ3) is 2.24. The molecule has 0 saturated heterocycles. The number of fused-ring (bicyclic) bond motifs is 1. The summed E-state index contributed by atoms with van der Waals surface area (Å²) in [4.78, 5) is 30.3. The van der Waals surface area contributed by atoms with Crippen LogP contribution in [0.3, 0.4) is 0 Å². The predicted molar refractivity (Wildman–Crippen MR) is 78.6 cm³/mol. The Bertz CT molecular complexity index is 759. The van der Waals surface area contributed by atoms with E-state index in [4.69, 9.17) is 11.6 Å². The van der Waals surface area contributed by atoms with Crippen molar-refractivity contribution in [1.29, 1.82) is 0 Å². The van der Waals surface area contributed by atoms with Crippen molar-refractivity contribution in [1.82, 2.24) is 4.98 Å². The third-order valence-corrected chi connectivity index (χ3v) is 4.73. The zero-order valence-electron chi connectivity index (χ0n) is 11.0. The van der Waals surface area contributed by atoms with Crippen molar-refractivity contribution in [2.75, 3.05) is 11.4 Å². The fourth-order valence-electron chi connectivity index (χ4n) is 2.34. The van der Waals surface area contributed by atoms with Crippen molar-refractivity contribution in [2.24, 2.45) is 0 Å². The average Bonchev–Trinajstić information content (AvgIpc) is 2.97. The Balaban J connectivity index is 1.95. The molecule has 0 aliphatic carbocycles. The first kappa shape index (κ1) is 14.2. The van der Waals surface area contributed by atoms with Gasteiger partial charge in [-0.05, 0) is 19.1 Å². The Kier molecular flexibility index (Phi) is 3.51. The summed E-state index contributed by atoms with van der Waals surface area (Å²) in [5.74, 6) is -2.11. The average molecular weight is 325 g/mol. The summed E-state index contributed by atoms with van der Waals surface area (Å²) in [7, 11) is 0. The number of aromatic nitrogens is 1. The SMILES string of the molecule is Cc1ncsc1CCN1C(=O)C(=O)c2c(Cl)ccc(F)c21. The van der Waals surface area contributed by atoms with Crippen LogP contribution in [0, 0.1) is 12.7 Å². The van der Waals surface area contributed by atoms with Gasteiger partial charge in [0.25, 0.3) is 11.7 Å². The molecule has 1 aliphatic heterocycles. The van der Waals surface area contributed by atoms with E-state index >= 15 is 0 Å². The number of nitrogens with zero attached hydrogens (tertiary/aromatic N) is 2. The van der Waals surface area contributed by atoms with Gasteiger partial charge in [0, 0.05) is 17.8 Å². The van der Waals surface area contributed by atoms with Gasteiger partial charge in [-0.15, -0.1) is 11.3 Å². The summed E-state index contributed by atoms with van der Waals surface area (Å²) >= 11 is 7.39. The Hall–Kier alpha value is -1.79. The highest BCUT2D eigenvalue weighted by Crippen LogP contribution is 2.36. The zero-order valence-corrected chi connectivity index (χ0v) is 12.6. The fraction of sp³-hybridized carbons (Fsp3) is 0.214. The minimum absolute atomic E-state index is 0.0142. The first-order valence-electron chi connectivity index (χ1n) is 6.24. The number of Topliss-reactive ketones (excluding diaryl/α,β-unsaturated/α-hetero) is 1. The van der Waals surface area contributed by atoms with Crippen molar-refractivity contribution in [3.63, 3.8) is 0 Å². The normalized spacial score (nSPS) is 14.0. The summed E-state index contributed by atoms with van der Waals surface area (Å²) in [5.41, 5.74) is 2.54. The van der Waals surface area contributed by atoms with E-state index in [2.05, 4.69) is 4.98 Å². The highest BCUT2D eigenvalue weighted by atomic mass is 35.5. The van der Waals surface area contributed by atoms with Gasteiger partial charge in [-0.2, -0.15) is 0 Å². The van der Waals surface area contributed by atoms with Crippen LogP contribution in [0.25, 0.3) is 0 Å². The van der Waals surface area contributed by atoms with Gasteiger partial charge in [-0.1, -0.05) is 11.6 Å². The molecule has 0 atom stereocenters. The second-order valence-electron chi connectivity index (χ2n) is 4.65. The number of amides is 1. The number of hydrogen-bond acceptors (Lipinski definition) is 4. The molecule has 0 radical (unpaired) electrons. The number of anilines is 1. The van der Waals surface area contributed by atoms with Gasteiger partial charge in [-0.3, -0.25) is 9.59 Å². The van der Waals surface area contributed by atoms with Crippen LogP contribution in [-0.2, 0) is 11.2 Å². The highest BCUT2D eigenvalue weighted by molar-refractivity contribution is 7.09. The number of benzene rings is 1. The summed E-state index contributed by atoms with van der Waals surface area (Å²) in [6.45, 7) is 2.09. The largest absolute Gasteiger partial charge is 0.302 e. The molecular formula is C14H10ClFN2O2S. The van der Waals surface area contributed by atoms with Crippen LogP contribution in [0.1, 0.15) is 20.9 Å². The van der Waals surface area contributed by atoms with Gasteiger partial charge >= 0.3 is 0 Å². The molecule has 3 rings (SSSR count). The molecule has 1 amide bonds. The smallest absolute Gasteiger partial charge is 0.299 e. The zero-order chi connectivity index (χ0) is 15.1. The summed E-state index contributed by atoms with van der Waals surface area (Å²) < 4.78 is 14.0. The van der Waals surface area contributed by atoms with E-state index in [-0.39, 0.29) is 22.8 Å². The van der Waals surface area contributed by atoms with Gasteiger partial charge in [0.05, 0.1) is 27.5 Å². The lowest BCUT2D eigenvalue weighted by Crippen LogP contribution is -2.32. The lowest BCUT2D eigenvalue weighted by atomic mass is 10.1. The molecule has 0 fully saturated rings. The fourth-order valence-corrected chi connectivity index (χ4v) is 3.35. The van der Waals surface area contributed by atoms with Gasteiger partial charge in [0.1, 0.15) is 5.82 Å². The van der Waals surface area contributed by atoms with E-state index in [0.29, 0.717) is 6.42 Å². The van der Waals surface area contributed by atoms with E-state index in [1.807, 2.05) is 6.92 Å². The predicted octanol–water partition coefficient (Wildman–Crippen LogP) is 3.02. The molecule has 0 bridgehead atoms. The molecule has 0 spiro atoms. The second kappa shape index (κ2) is 5.20. The number of halogens is 2. The Morgan fingerprint density at radius 1 is 1.38 bits per heavy atom. The number of ketones is 1. The maximum atomic E-state index is 14.0. The van der Waals surface area contributed by atoms with E-state index in [1.54, 1.807) is 5.51 Å². The Morgan fingerprint density at radius 2 is 2.14 bits per heavy atom. The van der Waals surface area contributed by atoms with Gasteiger partial charge in [-0.25, -0.2) is 9.37 Å². The number of hydrogen-bond donors (Lipinski definition) is 0. The molecule has 2 aromatic rings. The van der Waals surface area contributed by atoms with Crippen molar-refractivity contribution in [3.8, 4) is 0 Å². The van der Waals surface area contributed by atoms with Gasteiger partial charge in [0.15, 0.2) is 0 Å². The van der Waals surface area contributed by atoms with Crippen LogP contribution in [0.5, 0.6) is 0 Å². The monoisotopic (exact) mass is 324 g/mol. The van der Waals surface area contributed by atoms with Crippen LogP contribution in [-0.4, -0.2) is 23.2 Å². The lowest BCUT2D eigenvalue weighted by molar-refractivity contribution is -0.114. The van der Waals surface area contributed by atoms with E-state index in [1.165, 1.54) is 17.4 Å². The van der Waals surface area contributed by atoms with E-state index in [0.717, 1.165) is 21.5 Å². The molecule has 108 valence electrons. The van der Waals surface area contributed by atoms with Gasteiger partial charge in [0.2, 0.25) is 0 Å². The first-order valence-corrected chi connectivity index (χ1v) is 7.49. The van der Waals surface area contributed by atoms with Crippen LogP contribution < -0.4 is 4.90 Å². The quantitative estimate of drug-likeness (QED) is 0.815. The highest BCUT2D eigenvalue weighted by Gasteiger charge is 2.39. The Labute approximate surface area is 129 Å². The van der Waals surface area contributed by atoms with E-state index < -0.39 is 17.5 Å². The van der Waals surface area contributed by atoms with Crippen LogP contribution in [0.2, 0.25) is 5.02 Å². The molecule has 0 unspecified atom stereocenters. The van der Waals surface area contributed by atoms with E-state index in [9.17, 15) is 14.0 Å². The van der Waals surface area contributed by atoms with Crippen molar-refractivity contribution in [2.45, 2.75) is 13.3 Å². The number of carbonyl (C=O) groups is 2. The van der Waals surface area contributed by atoms with Crippen LogP contribution in [0.4, 0.5) is 10.1 Å². The molecule has 4 nitrogen and oxygen atoms in total. The summed E-state index contributed by atoms with van der Waals surface area (Å²) in [6.07, 6.45) is 0.515. The molecule has 1 aliphatic rings. The van der Waals surface area contributed by atoms with Crippen molar-refractivity contribution in [3.05, 3.63) is 44.6 Å². The van der Waals surface area contributed by atoms with Gasteiger partial charge < -0.3 is 4.90 Å². The number of carbonyl (C=O) groups excluding carboxylic acids is 2. The topological polar surface area (TPSA) is 50.3 Å². The maximum absolute atomic E-state index is 14.0. The molecule has 7 heteroatoms. The number of rotatable bonds is 3. The molecular weight excluding hydrogens is 315 g/mol. The van der Waals surface area contributed by atoms with Crippen LogP contribution >= 0.6 is 22.9 Å². The minimum Gasteiger partial charge on any atom is -0.302 e. The van der Waals surface area contributed by atoms with Crippen LogP contribution in [0.15, 0.2) is 17.6 Å². The minimum atomic E-state index is -0.754. The van der Waals surface area contributed by atoms with Crippen molar-refractivity contribution >= 4 is 40.3 Å². The standard InChI is InChI=1S/C14H10ClFN2O2S/c1-7-10(21-6-17-7)4-5-18-12-9(16)3-2-8(15)11(12)13(19)14(18)20/h2-3,6H,4-5H2,1H3. The number of thiazole rings is 1. The molecule has 1 aromatic heterocycles. The first-order chi connectivity index (χ1) is 10.0. The second-order valence-corrected chi connectivity index (χ2v) is 6.00. The maximum Gasteiger partial charge on any atom is 0.299 e. The van der Waals surface area contributed by atoms with Crippen molar-refractivity contribution < 1.29 is 14.0 Å². The molecule has 0 N–H and O–H groups in total. The molecule has 0 saturated carbocycles.